The fraction of sp³-hybridized carbons (Fsp3) is 0. The summed E-state index contributed by atoms with van der Waals surface area (Å²) in [6.07, 6.45) is 1.20. The van der Waals surface area contributed by atoms with Gasteiger partial charge in [-0.15, -0.1) is 0 Å². The molecule has 0 radical (unpaired) electrons. The maximum absolute atomic E-state index is 8.71. The number of hydrogen-bond acceptors (Lipinski definition) is 4. The van der Waals surface area contributed by atoms with Gasteiger partial charge >= 0.3 is 6.72 Å². The third kappa shape index (κ3) is 4.19. The summed E-state index contributed by atoms with van der Waals surface area (Å²) in [6.45, 7) is -3.77. The molecule has 5 nitrogen and oxygen atoms in total. The van der Waals surface area contributed by atoms with Crippen LogP contribution in [0.2, 0.25) is 0 Å². The molecule has 2 N–H and O–H groups in total. The van der Waals surface area contributed by atoms with E-state index in [0.29, 0.717) is 11.1 Å². The minimum atomic E-state index is -3.77. The Kier molecular flexibility index (Phi) is 3.95. The molecular weight excluding hydrogens is 235 g/mol. The first kappa shape index (κ1) is 11.8. The van der Waals surface area contributed by atoms with Gasteiger partial charge in [0.1, 0.15) is 0 Å². The second-order valence-corrected chi connectivity index (χ2v) is 5.08. The van der Waals surface area contributed by atoms with E-state index in [-0.39, 0.29) is 0 Å². The third-order valence-corrected chi connectivity index (χ3v) is 1.93. The smallest absolute Gasteiger partial charge is 0.314 e. The SMILES string of the molecule is N#Cc1ccccc1C=NOP(O)(O)=S. The van der Waals surface area contributed by atoms with Gasteiger partial charge in [0.2, 0.25) is 0 Å². The first-order valence-electron chi connectivity index (χ1n) is 3.80. The van der Waals surface area contributed by atoms with Crippen LogP contribution in [0, 0.1) is 11.3 Å². The van der Waals surface area contributed by atoms with Crippen LogP contribution in [0.1, 0.15) is 11.1 Å². The summed E-state index contributed by atoms with van der Waals surface area (Å²) in [7, 11) is 0. The second kappa shape index (κ2) is 5.01. The first-order valence-corrected chi connectivity index (χ1v) is 6.42. The molecule has 0 aromatic heterocycles. The van der Waals surface area contributed by atoms with Crippen LogP contribution in [0.4, 0.5) is 0 Å². The van der Waals surface area contributed by atoms with Crippen LogP contribution >= 0.6 is 6.72 Å². The lowest BCUT2D eigenvalue weighted by atomic mass is 10.1. The predicted octanol–water partition coefficient (Wildman–Crippen LogP) is 1.12. The van der Waals surface area contributed by atoms with Crippen LogP contribution in [-0.4, -0.2) is 16.0 Å². The Morgan fingerprint density at radius 1 is 1.47 bits per heavy atom. The van der Waals surface area contributed by atoms with Crippen LogP contribution < -0.4 is 0 Å². The van der Waals surface area contributed by atoms with Gasteiger partial charge in [-0.05, 0) is 6.07 Å². The van der Waals surface area contributed by atoms with E-state index >= 15 is 0 Å². The molecule has 0 bridgehead atoms. The molecule has 0 fully saturated rings. The summed E-state index contributed by atoms with van der Waals surface area (Å²) in [5.74, 6) is 0. The van der Waals surface area contributed by atoms with Crippen molar-refractivity contribution >= 4 is 24.7 Å². The first-order chi connectivity index (χ1) is 7.03. The number of benzene rings is 1. The van der Waals surface area contributed by atoms with Crippen molar-refractivity contribution in [3.8, 4) is 6.07 Å². The Labute approximate surface area is 91.5 Å². The van der Waals surface area contributed by atoms with Crippen molar-refractivity contribution in [3.05, 3.63) is 35.4 Å². The molecule has 0 heterocycles. The van der Waals surface area contributed by atoms with Gasteiger partial charge in [-0.2, -0.15) is 5.26 Å². The molecule has 0 atom stereocenters. The van der Waals surface area contributed by atoms with Crippen molar-refractivity contribution in [2.45, 2.75) is 0 Å². The summed E-state index contributed by atoms with van der Waals surface area (Å²) in [5, 5.41) is 12.0. The molecule has 0 spiro atoms. The van der Waals surface area contributed by atoms with E-state index in [1.165, 1.54) is 6.21 Å². The molecule has 0 saturated heterocycles. The highest BCUT2D eigenvalue weighted by atomic mass is 32.5. The number of nitrogens with zero attached hydrogens (tertiary/aromatic N) is 2. The Bertz CT molecular complexity index is 463. The van der Waals surface area contributed by atoms with Crippen molar-refractivity contribution in [2.24, 2.45) is 5.16 Å². The van der Waals surface area contributed by atoms with E-state index in [0.717, 1.165) is 0 Å². The van der Waals surface area contributed by atoms with E-state index in [9.17, 15) is 0 Å². The topological polar surface area (TPSA) is 85.8 Å². The molecule has 1 rings (SSSR count). The Hall–Kier alpha value is -1.25. The highest BCUT2D eigenvalue weighted by molar-refractivity contribution is 8.06. The number of hydrogen-bond donors (Lipinski definition) is 2. The van der Waals surface area contributed by atoms with Crippen molar-refractivity contribution in [1.29, 1.82) is 5.26 Å². The largest absolute Gasteiger partial charge is 0.396 e. The summed E-state index contributed by atoms with van der Waals surface area (Å²) in [4.78, 5) is 17.4. The Morgan fingerprint density at radius 3 is 2.73 bits per heavy atom. The van der Waals surface area contributed by atoms with Crippen LogP contribution in [0.25, 0.3) is 0 Å². The van der Waals surface area contributed by atoms with Gasteiger partial charge in [-0.3, -0.25) is 0 Å². The molecule has 78 valence electrons. The average molecular weight is 242 g/mol. The fourth-order valence-electron chi connectivity index (χ4n) is 0.853. The van der Waals surface area contributed by atoms with E-state index < -0.39 is 6.72 Å². The zero-order chi connectivity index (χ0) is 11.3. The van der Waals surface area contributed by atoms with Crippen LogP contribution in [-0.2, 0) is 16.4 Å². The van der Waals surface area contributed by atoms with Crippen LogP contribution in [0.5, 0.6) is 0 Å². The van der Waals surface area contributed by atoms with Crippen molar-refractivity contribution < 1.29 is 14.4 Å². The van der Waals surface area contributed by atoms with Gasteiger partial charge in [0.05, 0.1) is 17.8 Å². The van der Waals surface area contributed by atoms with Crippen LogP contribution in [0.15, 0.2) is 29.4 Å². The van der Waals surface area contributed by atoms with Gasteiger partial charge in [0.25, 0.3) is 0 Å². The van der Waals surface area contributed by atoms with E-state index in [4.69, 9.17) is 15.0 Å². The van der Waals surface area contributed by atoms with Gasteiger partial charge in [0, 0.05) is 17.4 Å². The molecule has 15 heavy (non-hydrogen) atoms. The second-order valence-electron chi connectivity index (χ2n) is 2.51. The lowest BCUT2D eigenvalue weighted by molar-refractivity contribution is 0.266. The quantitative estimate of drug-likeness (QED) is 0.471. The van der Waals surface area contributed by atoms with Crippen molar-refractivity contribution in [1.82, 2.24) is 0 Å². The maximum atomic E-state index is 8.71. The molecule has 0 unspecified atom stereocenters. The van der Waals surface area contributed by atoms with Gasteiger partial charge in [-0.1, -0.05) is 23.4 Å². The lowest BCUT2D eigenvalue weighted by Gasteiger charge is -2.02. The number of nitriles is 1. The average Bonchev–Trinajstić information content (AvgIpc) is 2.16. The molecule has 0 aliphatic rings. The predicted molar refractivity (Wildman–Crippen MR) is 58.6 cm³/mol. The third-order valence-electron chi connectivity index (χ3n) is 1.43. The van der Waals surface area contributed by atoms with Gasteiger partial charge in [-0.25, -0.2) is 0 Å². The monoisotopic (exact) mass is 242 g/mol. The molecular formula is C8H7N2O3PS. The standard InChI is InChI=1S/C8H7N2O3PS/c9-5-7-3-1-2-4-8(7)6-10-13-14(11,12)15/h1-4,6H,(H2,11,12,15). The summed E-state index contributed by atoms with van der Waals surface area (Å²) in [6, 6.07) is 8.63. The summed E-state index contributed by atoms with van der Waals surface area (Å²) in [5.41, 5.74) is 0.928. The highest BCUT2D eigenvalue weighted by Gasteiger charge is 2.06. The van der Waals surface area contributed by atoms with E-state index in [2.05, 4.69) is 21.6 Å². The van der Waals surface area contributed by atoms with Gasteiger partial charge < -0.3 is 14.4 Å². The molecule has 7 heteroatoms. The zero-order valence-electron chi connectivity index (χ0n) is 7.44. The molecule has 0 saturated carbocycles. The number of oxime groups is 1. The molecule has 0 aliphatic heterocycles. The Balaban J connectivity index is 2.82. The minimum absolute atomic E-state index is 0.411. The molecule has 0 aliphatic carbocycles. The lowest BCUT2D eigenvalue weighted by Crippen LogP contribution is -1.88. The Morgan fingerprint density at radius 2 is 2.13 bits per heavy atom. The normalized spacial score (nSPS) is 11.3. The van der Waals surface area contributed by atoms with Gasteiger partial charge in [0.15, 0.2) is 0 Å². The maximum Gasteiger partial charge on any atom is 0.396 e. The van der Waals surface area contributed by atoms with E-state index in [1.54, 1.807) is 24.3 Å². The molecule has 0 amide bonds. The fourth-order valence-corrected chi connectivity index (χ4v) is 1.14. The van der Waals surface area contributed by atoms with Crippen LogP contribution in [0.3, 0.4) is 0 Å². The zero-order valence-corrected chi connectivity index (χ0v) is 9.15. The summed E-state index contributed by atoms with van der Waals surface area (Å²) < 4.78 is 4.23. The van der Waals surface area contributed by atoms with E-state index in [1.807, 2.05) is 6.07 Å². The van der Waals surface area contributed by atoms with Crippen molar-refractivity contribution in [3.63, 3.8) is 0 Å². The van der Waals surface area contributed by atoms with Crippen molar-refractivity contribution in [2.75, 3.05) is 0 Å². The highest BCUT2D eigenvalue weighted by Crippen LogP contribution is 2.36. The molecule has 1 aromatic carbocycles. The summed E-state index contributed by atoms with van der Waals surface area (Å²) >= 11 is 4.18. The number of rotatable bonds is 3. The molecule has 1 aromatic rings. The minimum Gasteiger partial charge on any atom is -0.314 e.